The average Bonchev–Trinajstić information content (AvgIpc) is 2.78. The van der Waals surface area contributed by atoms with Gasteiger partial charge in [-0.15, -0.1) is 0 Å². The zero-order valence-corrected chi connectivity index (χ0v) is 18.0. The molecule has 0 spiro atoms. The van der Waals surface area contributed by atoms with Crippen molar-refractivity contribution in [1.29, 1.82) is 0 Å². The van der Waals surface area contributed by atoms with Gasteiger partial charge in [0.05, 0.1) is 6.04 Å². The third kappa shape index (κ3) is 5.12. The predicted molar refractivity (Wildman–Crippen MR) is 119 cm³/mol. The lowest BCUT2D eigenvalue weighted by Crippen LogP contribution is -2.51. The standard InChI is InChI=1S/C22H20Cl2FN5O/c23-16-1-4-18(5-2-16)28-22(31)30-9-7-29(8-10-30)21(15-12-26-14-27-13-15)19-6-3-17(24)11-20(19)25/h1-6,11-14,21H,7-10H2,(H,28,31). The number of halogens is 3. The van der Waals surface area contributed by atoms with Gasteiger partial charge in [-0.3, -0.25) is 4.90 Å². The summed E-state index contributed by atoms with van der Waals surface area (Å²) in [5.41, 5.74) is 1.96. The quantitative estimate of drug-likeness (QED) is 0.604. The van der Waals surface area contributed by atoms with E-state index < -0.39 is 0 Å². The van der Waals surface area contributed by atoms with Gasteiger partial charge in [0.1, 0.15) is 12.1 Å². The number of carbonyl (C=O) groups is 1. The van der Waals surface area contributed by atoms with Crippen molar-refractivity contribution in [2.45, 2.75) is 6.04 Å². The highest BCUT2D eigenvalue weighted by Gasteiger charge is 2.30. The number of amides is 2. The van der Waals surface area contributed by atoms with Gasteiger partial charge in [-0.25, -0.2) is 19.2 Å². The van der Waals surface area contributed by atoms with Crippen LogP contribution in [0.3, 0.4) is 0 Å². The fraction of sp³-hybridized carbons (Fsp3) is 0.227. The Hall–Kier alpha value is -2.74. The van der Waals surface area contributed by atoms with Crippen molar-refractivity contribution in [3.05, 3.63) is 88.2 Å². The molecular formula is C22H20Cl2FN5O. The Morgan fingerprint density at radius 3 is 2.26 bits per heavy atom. The number of hydrogen-bond acceptors (Lipinski definition) is 4. The van der Waals surface area contributed by atoms with Gasteiger partial charge in [0, 0.05) is 65.4 Å². The number of anilines is 1. The Morgan fingerprint density at radius 2 is 1.61 bits per heavy atom. The van der Waals surface area contributed by atoms with Crippen molar-refractivity contribution in [3.63, 3.8) is 0 Å². The van der Waals surface area contributed by atoms with Crippen LogP contribution < -0.4 is 5.32 Å². The number of nitrogens with one attached hydrogen (secondary N) is 1. The lowest BCUT2D eigenvalue weighted by molar-refractivity contribution is 0.125. The van der Waals surface area contributed by atoms with Crippen molar-refractivity contribution < 1.29 is 9.18 Å². The third-order valence-corrected chi connectivity index (χ3v) is 5.70. The molecule has 2 heterocycles. The van der Waals surface area contributed by atoms with Crippen molar-refractivity contribution in [2.24, 2.45) is 0 Å². The van der Waals surface area contributed by atoms with Crippen LogP contribution in [0.5, 0.6) is 0 Å². The number of benzene rings is 2. The van der Waals surface area contributed by atoms with E-state index in [1.54, 1.807) is 53.7 Å². The molecular weight excluding hydrogens is 440 g/mol. The van der Waals surface area contributed by atoms with Crippen LogP contribution in [0.15, 0.2) is 61.2 Å². The van der Waals surface area contributed by atoms with Crippen LogP contribution in [-0.4, -0.2) is 52.0 Å². The molecule has 0 radical (unpaired) electrons. The zero-order valence-electron chi connectivity index (χ0n) is 16.5. The summed E-state index contributed by atoms with van der Waals surface area (Å²) in [5.74, 6) is -0.385. The van der Waals surface area contributed by atoms with Gasteiger partial charge in [-0.2, -0.15) is 0 Å². The molecule has 1 atom stereocenters. The van der Waals surface area contributed by atoms with Crippen molar-refractivity contribution in [2.75, 3.05) is 31.5 Å². The zero-order chi connectivity index (χ0) is 21.8. The fourth-order valence-electron chi connectivity index (χ4n) is 3.68. The second-order valence-electron chi connectivity index (χ2n) is 7.20. The summed E-state index contributed by atoms with van der Waals surface area (Å²) in [6.07, 6.45) is 4.81. The van der Waals surface area contributed by atoms with Gasteiger partial charge in [0.25, 0.3) is 0 Å². The summed E-state index contributed by atoms with van der Waals surface area (Å²) in [6.45, 7) is 2.13. The van der Waals surface area contributed by atoms with E-state index in [-0.39, 0.29) is 17.9 Å². The first-order valence-corrected chi connectivity index (χ1v) is 10.5. The molecule has 1 aliphatic heterocycles. The first-order valence-electron chi connectivity index (χ1n) is 9.76. The summed E-state index contributed by atoms with van der Waals surface area (Å²) < 4.78 is 14.8. The van der Waals surface area contributed by atoms with E-state index in [0.29, 0.717) is 47.5 Å². The van der Waals surface area contributed by atoms with Crippen LogP contribution in [0.1, 0.15) is 17.2 Å². The number of carbonyl (C=O) groups excluding carboxylic acids is 1. The SMILES string of the molecule is O=C(Nc1ccc(Cl)cc1)N1CCN(C(c2cncnc2)c2ccc(Cl)cc2F)CC1. The second kappa shape index (κ2) is 9.60. The molecule has 0 saturated carbocycles. The highest BCUT2D eigenvalue weighted by molar-refractivity contribution is 6.30. The highest BCUT2D eigenvalue weighted by Crippen LogP contribution is 2.32. The predicted octanol–water partition coefficient (Wildman–Crippen LogP) is 4.86. The summed E-state index contributed by atoms with van der Waals surface area (Å²) in [7, 11) is 0. The largest absolute Gasteiger partial charge is 0.322 e. The normalized spacial score (nSPS) is 15.5. The number of hydrogen-bond donors (Lipinski definition) is 1. The number of aromatic nitrogens is 2. The van der Waals surface area contributed by atoms with Gasteiger partial charge in [0.2, 0.25) is 0 Å². The molecule has 2 amide bonds. The van der Waals surface area contributed by atoms with Crippen LogP contribution in [0.4, 0.5) is 14.9 Å². The average molecular weight is 460 g/mol. The molecule has 1 aliphatic rings. The lowest BCUT2D eigenvalue weighted by atomic mass is 9.98. The van der Waals surface area contributed by atoms with E-state index in [9.17, 15) is 9.18 Å². The molecule has 31 heavy (non-hydrogen) atoms. The molecule has 2 aromatic carbocycles. The Bertz CT molecular complexity index is 1040. The van der Waals surface area contributed by atoms with E-state index in [0.717, 1.165) is 5.56 Å². The first-order chi connectivity index (χ1) is 15.0. The molecule has 1 N–H and O–H groups in total. The molecule has 1 unspecified atom stereocenters. The maximum Gasteiger partial charge on any atom is 0.321 e. The summed E-state index contributed by atoms with van der Waals surface area (Å²) in [5, 5.41) is 3.83. The van der Waals surface area contributed by atoms with Gasteiger partial charge in [0.15, 0.2) is 0 Å². The molecule has 0 aliphatic carbocycles. The minimum Gasteiger partial charge on any atom is -0.322 e. The Balaban J connectivity index is 1.49. The van der Waals surface area contributed by atoms with Gasteiger partial charge in [-0.1, -0.05) is 29.3 Å². The van der Waals surface area contributed by atoms with Gasteiger partial charge < -0.3 is 10.2 Å². The van der Waals surface area contributed by atoms with Crippen molar-refractivity contribution >= 4 is 34.9 Å². The number of rotatable bonds is 4. The molecule has 1 aromatic heterocycles. The Kier molecular flexibility index (Phi) is 6.65. The molecule has 160 valence electrons. The number of nitrogens with zero attached hydrogens (tertiary/aromatic N) is 4. The van der Waals surface area contributed by atoms with E-state index >= 15 is 0 Å². The molecule has 1 saturated heterocycles. The van der Waals surface area contributed by atoms with Crippen LogP contribution in [-0.2, 0) is 0 Å². The molecule has 4 rings (SSSR count). The molecule has 9 heteroatoms. The van der Waals surface area contributed by atoms with Crippen LogP contribution in [0.2, 0.25) is 10.0 Å². The van der Waals surface area contributed by atoms with Gasteiger partial charge >= 0.3 is 6.03 Å². The second-order valence-corrected chi connectivity index (χ2v) is 8.07. The van der Waals surface area contributed by atoms with Crippen molar-refractivity contribution in [1.82, 2.24) is 19.8 Å². The highest BCUT2D eigenvalue weighted by atomic mass is 35.5. The third-order valence-electron chi connectivity index (χ3n) is 5.22. The minimum absolute atomic E-state index is 0.181. The van der Waals surface area contributed by atoms with Crippen LogP contribution in [0, 0.1) is 5.82 Å². The molecule has 6 nitrogen and oxygen atoms in total. The number of urea groups is 1. The van der Waals surface area contributed by atoms with E-state index in [1.165, 1.54) is 12.4 Å². The summed E-state index contributed by atoms with van der Waals surface area (Å²) in [6, 6.07) is 11.1. The Morgan fingerprint density at radius 1 is 0.968 bits per heavy atom. The summed E-state index contributed by atoms with van der Waals surface area (Å²) >= 11 is 11.8. The first kappa shape index (κ1) is 21.5. The maximum absolute atomic E-state index is 14.8. The monoisotopic (exact) mass is 459 g/mol. The van der Waals surface area contributed by atoms with Gasteiger partial charge in [-0.05, 0) is 36.4 Å². The van der Waals surface area contributed by atoms with E-state index in [4.69, 9.17) is 23.2 Å². The van der Waals surface area contributed by atoms with E-state index in [2.05, 4.69) is 20.2 Å². The van der Waals surface area contributed by atoms with Crippen molar-refractivity contribution in [3.8, 4) is 0 Å². The molecule has 3 aromatic rings. The van der Waals surface area contributed by atoms with E-state index in [1.807, 2.05) is 0 Å². The Labute approximate surface area is 189 Å². The minimum atomic E-state index is -0.385. The number of piperazine rings is 1. The maximum atomic E-state index is 14.8. The summed E-state index contributed by atoms with van der Waals surface area (Å²) in [4.78, 5) is 24.7. The fourth-order valence-corrected chi connectivity index (χ4v) is 3.97. The molecule has 1 fully saturated rings. The topological polar surface area (TPSA) is 61.4 Å². The van der Waals surface area contributed by atoms with Crippen LogP contribution >= 0.6 is 23.2 Å². The van der Waals surface area contributed by atoms with Crippen LogP contribution in [0.25, 0.3) is 0 Å². The smallest absolute Gasteiger partial charge is 0.321 e. The lowest BCUT2D eigenvalue weighted by Gasteiger charge is -2.39. The molecule has 0 bridgehead atoms.